The fourth-order valence-electron chi connectivity index (χ4n) is 1.26. The summed E-state index contributed by atoms with van der Waals surface area (Å²) in [6.45, 7) is -0.140. The summed E-state index contributed by atoms with van der Waals surface area (Å²) in [6.07, 6.45) is 0. The lowest BCUT2D eigenvalue weighted by Crippen LogP contribution is -2.13. The van der Waals surface area contributed by atoms with E-state index in [1.54, 1.807) is 0 Å². The van der Waals surface area contributed by atoms with Gasteiger partial charge in [0.2, 0.25) is 0 Å². The van der Waals surface area contributed by atoms with Crippen molar-refractivity contribution in [2.75, 3.05) is 6.61 Å². The van der Waals surface area contributed by atoms with Crippen LogP contribution in [0.2, 0.25) is 0 Å². The summed E-state index contributed by atoms with van der Waals surface area (Å²) >= 11 is 0. The maximum absolute atomic E-state index is 8.85. The molecule has 0 aliphatic carbocycles. The lowest BCUT2D eigenvalue weighted by Gasteiger charge is -2.01. The normalized spacial score (nSPS) is 13.4. The number of aromatic nitrogens is 1. The van der Waals surface area contributed by atoms with Gasteiger partial charge in [-0.15, -0.1) is 0 Å². The summed E-state index contributed by atoms with van der Waals surface area (Å²) in [5, 5.41) is 13.5. The second kappa shape index (κ2) is 3.16. The van der Waals surface area contributed by atoms with Crippen molar-refractivity contribution in [3.63, 3.8) is 0 Å². The number of nitrogens with two attached hydrogens (primary N) is 1. The first-order valence-electron chi connectivity index (χ1n) is 4.03. The molecule has 0 spiro atoms. The third kappa shape index (κ3) is 1.30. The zero-order valence-corrected chi connectivity index (χ0v) is 6.97. The van der Waals surface area contributed by atoms with E-state index in [9.17, 15) is 0 Å². The molecule has 0 aliphatic rings. The van der Waals surface area contributed by atoms with Crippen LogP contribution in [0.1, 0.15) is 11.8 Å². The van der Waals surface area contributed by atoms with Crippen LogP contribution in [0.15, 0.2) is 28.8 Å². The molecule has 0 saturated carbocycles. The van der Waals surface area contributed by atoms with Gasteiger partial charge in [-0.3, -0.25) is 0 Å². The third-order valence-corrected chi connectivity index (χ3v) is 1.95. The first-order valence-corrected chi connectivity index (χ1v) is 4.03. The van der Waals surface area contributed by atoms with Crippen molar-refractivity contribution in [1.29, 1.82) is 0 Å². The Morgan fingerprint density at radius 3 is 3.00 bits per heavy atom. The molecule has 1 heterocycles. The van der Waals surface area contributed by atoms with E-state index in [4.69, 9.17) is 15.4 Å². The Kier molecular flexibility index (Phi) is 2.00. The van der Waals surface area contributed by atoms with Gasteiger partial charge in [-0.25, -0.2) is 0 Å². The molecule has 0 amide bonds. The van der Waals surface area contributed by atoms with Gasteiger partial charge in [0.05, 0.1) is 12.6 Å². The fraction of sp³-hybridized carbons (Fsp3) is 0.222. The molecule has 68 valence electrons. The van der Waals surface area contributed by atoms with Crippen molar-refractivity contribution in [3.05, 3.63) is 30.0 Å². The third-order valence-electron chi connectivity index (χ3n) is 1.95. The molecule has 0 saturated heterocycles. The van der Waals surface area contributed by atoms with Gasteiger partial charge in [0, 0.05) is 5.39 Å². The molecule has 2 aromatic rings. The second-order valence-corrected chi connectivity index (χ2v) is 2.85. The van der Waals surface area contributed by atoms with Gasteiger partial charge in [0.15, 0.2) is 5.76 Å². The van der Waals surface area contributed by atoms with E-state index in [0.29, 0.717) is 5.76 Å². The van der Waals surface area contributed by atoms with Gasteiger partial charge in [0.1, 0.15) is 5.52 Å². The Labute approximate surface area is 74.9 Å². The van der Waals surface area contributed by atoms with Crippen molar-refractivity contribution in [2.45, 2.75) is 6.04 Å². The van der Waals surface area contributed by atoms with Crippen molar-refractivity contribution < 1.29 is 9.63 Å². The van der Waals surface area contributed by atoms with Crippen molar-refractivity contribution in [2.24, 2.45) is 5.73 Å². The standard InChI is InChI=1S/C9H10N2O2/c10-7(5-12)9-6-3-1-2-4-8(6)11-13-9/h1-4,7,12H,5,10H2. The number of aliphatic hydroxyl groups is 1. The zero-order valence-electron chi connectivity index (χ0n) is 6.97. The van der Waals surface area contributed by atoms with E-state index >= 15 is 0 Å². The molecule has 1 aromatic heterocycles. The summed E-state index contributed by atoms with van der Waals surface area (Å²) in [5.74, 6) is 0.540. The highest BCUT2D eigenvalue weighted by Gasteiger charge is 2.13. The highest BCUT2D eigenvalue weighted by molar-refractivity contribution is 5.80. The summed E-state index contributed by atoms with van der Waals surface area (Å²) in [5.41, 5.74) is 6.39. The number of benzene rings is 1. The molecule has 3 N–H and O–H groups in total. The Hall–Kier alpha value is -1.39. The van der Waals surface area contributed by atoms with Gasteiger partial charge in [0.25, 0.3) is 0 Å². The van der Waals surface area contributed by atoms with Crippen LogP contribution in [-0.2, 0) is 0 Å². The van der Waals surface area contributed by atoms with E-state index in [0.717, 1.165) is 10.9 Å². The number of hydrogen-bond donors (Lipinski definition) is 2. The highest BCUT2D eigenvalue weighted by Crippen LogP contribution is 2.21. The number of aliphatic hydroxyl groups excluding tert-OH is 1. The lowest BCUT2D eigenvalue weighted by molar-refractivity contribution is 0.242. The van der Waals surface area contributed by atoms with Crippen LogP contribution in [-0.4, -0.2) is 16.9 Å². The first-order chi connectivity index (χ1) is 6.33. The molecule has 1 unspecified atom stereocenters. The molecular formula is C9H10N2O2. The quantitative estimate of drug-likeness (QED) is 0.714. The number of rotatable bonds is 2. The fourth-order valence-corrected chi connectivity index (χ4v) is 1.26. The summed E-state index contributed by atoms with van der Waals surface area (Å²) in [7, 11) is 0. The summed E-state index contributed by atoms with van der Waals surface area (Å²) in [6, 6.07) is 6.97. The first kappa shape index (κ1) is 8.22. The molecule has 4 heteroatoms. The molecular weight excluding hydrogens is 168 g/mol. The summed E-state index contributed by atoms with van der Waals surface area (Å²) < 4.78 is 5.03. The Morgan fingerprint density at radius 2 is 2.23 bits per heavy atom. The minimum absolute atomic E-state index is 0.140. The minimum Gasteiger partial charge on any atom is -0.394 e. The van der Waals surface area contributed by atoms with Gasteiger partial charge >= 0.3 is 0 Å². The van der Waals surface area contributed by atoms with Crippen molar-refractivity contribution in [1.82, 2.24) is 5.16 Å². The average Bonchev–Trinajstić information content (AvgIpc) is 2.60. The molecule has 1 atom stereocenters. The molecule has 13 heavy (non-hydrogen) atoms. The van der Waals surface area contributed by atoms with Crippen molar-refractivity contribution in [3.8, 4) is 0 Å². The minimum atomic E-state index is -0.493. The lowest BCUT2D eigenvalue weighted by atomic mass is 10.1. The van der Waals surface area contributed by atoms with Gasteiger partial charge in [-0.1, -0.05) is 17.3 Å². The molecule has 4 nitrogen and oxygen atoms in total. The van der Waals surface area contributed by atoms with Crippen LogP contribution in [0.25, 0.3) is 10.9 Å². The van der Waals surface area contributed by atoms with Gasteiger partial charge in [-0.2, -0.15) is 0 Å². The predicted octanol–water partition coefficient (Wildman–Crippen LogP) is 0.820. The Bertz CT molecular complexity index is 411. The van der Waals surface area contributed by atoms with E-state index in [2.05, 4.69) is 5.16 Å². The number of fused-ring (bicyclic) bond motifs is 1. The summed E-state index contributed by atoms with van der Waals surface area (Å²) in [4.78, 5) is 0. The van der Waals surface area contributed by atoms with E-state index in [1.807, 2.05) is 24.3 Å². The van der Waals surface area contributed by atoms with Crippen LogP contribution in [0.3, 0.4) is 0 Å². The maximum atomic E-state index is 8.85. The highest BCUT2D eigenvalue weighted by atomic mass is 16.5. The molecule has 0 bridgehead atoms. The van der Waals surface area contributed by atoms with Crippen LogP contribution in [0.5, 0.6) is 0 Å². The predicted molar refractivity (Wildman–Crippen MR) is 48.0 cm³/mol. The maximum Gasteiger partial charge on any atom is 0.163 e. The molecule has 0 radical (unpaired) electrons. The van der Waals surface area contributed by atoms with Gasteiger partial charge in [-0.05, 0) is 12.1 Å². The Balaban J connectivity index is 2.57. The second-order valence-electron chi connectivity index (χ2n) is 2.85. The number of nitrogens with zero attached hydrogens (tertiary/aromatic N) is 1. The van der Waals surface area contributed by atoms with E-state index < -0.39 is 6.04 Å². The van der Waals surface area contributed by atoms with Crippen LogP contribution in [0, 0.1) is 0 Å². The SMILES string of the molecule is NC(CO)c1onc2ccccc12. The molecule has 2 rings (SSSR count). The average molecular weight is 178 g/mol. The monoisotopic (exact) mass is 178 g/mol. The van der Waals surface area contributed by atoms with E-state index in [-0.39, 0.29) is 6.61 Å². The molecule has 0 fully saturated rings. The Morgan fingerprint density at radius 1 is 1.46 bits per heavy atom. The van der Waals surface area contributed by atoms with Gasteiger partial charge < -0.3 is 15.4 Å². The zero-order chi connectivity index (χ0) is 9.26. The van der Waals surface area contributed by atoms with Crippen LogP contribution >= 0.6 is 0 Å². The van der Waals surface area contributed by atoms with Crippen LogP contribution < -0.4 is 5.73 Å². The molecule has 0 aliphatic heterocycles. The largest absolute Gasteiger partial charge is 0.394 e. The van der Waals surface area contributed by atoms with Crippen molar-refractivity contribution >= 4 is 10.9 Å². The number of hydrogen-bond acceptors (Lipinski definition) is 4. The topological polar surface area (TPSA) is 72.3 Å². The van der Waals surface area contributed by atoms with Crippen LogP contribution in [0.4, 0.5) is 0 Å². The smallest absolute Gasteiger partial charge is 0.163 e. The molecule has 1 aromatic carbocycles. The van der Waals surface area contributed by atoms with E-state index in [1.165, 1.54) is 0 Å².